The SMILES string of the molecule is C[C@@H]1CN([C@H](C)CO)C(=O)c2cc(NC(=O)Nc3cccc4ccccc34)ccc2O[C@@H](C)CCCCO[C@@H]1CN(C)Cc1ccncc1. The highest BCUT2D eigenvalue weighted by Gasteiger charge is 2.30. The fraction of sp³-hybridized carbons (Fsp3) is 0.410. The molecule has 1 aromatic heterocycles. The Kier molecular flexibility index (Phi) is 12.6. The molecule has 0 aliphatic carbocycles. The van der Waals surface area contributed by atoms with Crippen LogP contribution in [0.4, 0.5) is 16.2 Å². The second-order valence-corrected chi connectivity index (χ2v) is 13.2. The van der Waals surface area contributed by atoms with Crippen LogP contribution >= 0.6 is 0 Å². The quantitative estimate of drug-likeness (QED) is 0.189. The minimum absolute atomic E-state index is 0.0446. The maximum absolute atomic E-state index is 14.5. The molecule has 0 spiro atoms. The third-order valence-electron chi connectivity index (χ3n) is 9.04. The number of nitrogens with zero attached hydrogens (tertiary/aromatic N) is 3. The first-order valence-corrected chi connectivity index (χ1v) is 17.2. The zero-order chi connectivity index (χ0) is 34.8. The van der Waals surface area contributed by atoms with Crippen molar-refractivity contribution in [2.75, 3.05) is 44.0 Å². The first-order valence-electron chi connectivity index (χ1n) is 17.2. The standard InChI is InChI=1S/C39H49N5O5/c1-27-23-44(28(2)26-45)38(46)34-22-32(41-39(47)42-35-14-9-12-31-11-5-6-13-33(31)35)15-16-36(34)49-29(3)10-7-8-21-48-37(27)25-43(4)24-30-17-19-40-20-18-30/h5-6,9,11-20,22,27-29,37,45H,7-8,10,21,23-26H2,1-4H3,(H2,41,42,47)/t27-,28-,29+,37-/m1/s1. The van der Waals surface area contributed by atoms with Gasteiger partial charge in [0.15, 0.2) is 0 Å². The third kappa shape index (κ3) is 9.78. The first kappa shape index (κ1) is 35.8. The van der Waals surface area contributed by atoms with E-state index in [1.807, 2.05) is 68.4 Å². The molecule has 0 fully saturated rings. The second-order valence-electron chi connectivity index (χ2n) is 13.2. The number of aromatic nitrogens is 1. The number of carbonyl (C=O) groups excluding carboxylic acids is 2. The predicted molar refractivity (Wildman–Crippen MR) is 194 cm³/mol. The maximum atomic E-state index is 14.5. The molecule has 0 saturated heterocycles. The molecule has 0 radical (unpaired) electrons. The number of pyridine rings is 1. The van der Waals surface area contributed by atoms with Crippen molar-refractivity contribution < 1.29 is 24.2 Å². The number of likely N-dealkylation sites (N-methyl/N-ethyl adjacent to an activating group) is 1. The Hall–Kier alpha value is -4.51. The van der Waals surface area contributed by atoms with E-state index in [1.54, 1.807) is 35.5 Å². The molecular formula is C39H49N5O5. The van der Waals surface area contributed by atoms with Gasteiger partial charge < -0.3 is 30.1 Å². The molecule has 3 aromatic carbocycles. The Morgan fingerprint density at radius 2 is 1.82 bits per heavy atom. The number of amides is 3. The van der Waals surface area contributed by atoms with Crippen LogP contribution < -0.4 is 15.4 Å². The van der Waals surface area contributed by atoms with E-state index in [0.29, 0.717) is 42.4 Å². The van der Waals surface area contributed by atoms with Gasteiger partial charge in [0, 0.05) is 55.6 Å². The van der Waals surface area contributed by atoms with Gasteiger partial charge in [0.25, 0.3) is 5.91 Å². The van der Waals surface area contributed by atoms with Gasteiger partial charge in [-0.2, -0.15) is 0 Å². The number of anilines is 2. The van der Waals surface area contributed by atoms with Crippen LogP contribution in [0, 0.1) is 5.92 Å². The summed E-state index contributed by atoms with van der Waals surface area (Å²) in [5, 5.41) is 18.1. The predicted octanol–water partition coefficient (Wildman–Crippen LogP) is 6.81. The van der Waals surface area contributed by atoms with Gasteiger partial charge in [0.05, 0.1) is 36.1 Å². The lowest BCUT2D eigenvalue weighted by atomic mass is 10.0. The summed E-state index contributed by atoms with van der Waals surface area (Å²) in [6, 6.07) is 21.9. The summed E-state index contributed by atoms with van der Waals surface area (Å²) >= 11 is 0. The summed E-state index contributed by atoms with van der Waals surface area (Å²) in [4.78, 5) is 35.7. The molecule has 0 bridgehead atoms. The molecule has 10 heteroatoms. The highest BCUT2D eigenvalue weighted by molar-refractivity contribution is 6.07. The van der Waals surface area contributed by atoms with Gasteiger partial charge in [-0.25, -0.2) is 4.79 Å². The Bertz CT molecular complexity index is 1680. The van der Waals surface area contributed by atoms with Gasteiger partial charge >= 0.3 is 6.03 Å². The lowest BCUT2D eigenvalue weighted by Crippen LogP contribution is -2.47. The minimum Gasteiger partial charge on any atom is -0.490 e. The lowest BCUT2D eigenvalue weighted by molar-refractivity contribution is -0.0177. The summed E-state index contributed by atoms with van der Waals surface area (Å²) in [5.41, 5.74) is 2.62. The van der Waals surface area contributed by atoms with E-state index in [2.05, 4.69) is 34.5 Å². The number of benzene rings is 3. The minimum atomic E-state index is -0.463. The number of aliphatic hydroxyl groups is 1. The molecule has 0 saturated carbocycles. The van der Waals surface area contributed by atoms with Gasteiger partial charge in [-0.3, -0.25) is 14.7 Å². The molecule has 1 aliphatic rings. The molecule has 2 heterocycles. The number of aliphatic hydroxyl groups excluding tert-OH is 1. The van der Waals surface area contributed by atoms with Gasteiger partial charge in [-0.15, -0.1) is 0 Å². The molecule has 0 unspecified atom stereocenters. The van der Waals surface area contributed by atoms with Crippen molar-refractivity contribution in [2.45, 2.75) is 64.8 Å². The third-order valence-corrected chi connectivity index (χ3v) is 9.04. The summed E-state index contributed by atoms with van der Waals surface area (Å²) in [6.45, 7) is 8.12. The van der Waals surface area contributed by atoms with Crippen LogP contribution in [-0.2, 0) is 11.3 Å². The summed E-state index contributed by atoms with van der Waals surface area (Å²) < 4.78 is 12.8. The molecule has 3 N–H and O–H groups in total. The fourth-order valence-electron chi connectivity index (χ4n) is 6.25. The van der Waals surface area contributed by atoms with Crippen molar-refractivity contribution >= 4 is 34.1 Å². The van der Waals surface area contributed by atoms with E-state index >= 15 is 0 Å². The van der Waals surface area contributed by atoms with Crippen molar-refractivity contribution in [3.05, 3.63) is 96.3 Å². The number of ether oxygens (including phenoxy) is 2. The van der Waals surface area contributed by atoms with Crippen molar-refractivity contribution in [3.63, 3.8) is 0 Å². The summed E-state index contributed by atoms with van der Waals surface area (Å²) in [6.07, 6.45) is 5.91. The summed E-state index contributed by atoms with van der Waals surface area (Å²) in [7, 11) is 2.07. The van der Waals surface area contributed by atoms with Crippen LogP contribution in [0.1, 0.15) is 56.0 Å². The number of hydrogen-bond donors (Lipinski definition) is 3. The lowest BCUT2D eigenvalue weighted by Gasteiger charge is -2.36. The average Bonchev–Trinajstić information content (AvgIpc) is 3.10. The molecule has 260 valence electrons. The number of carbonyl (C=O) groups is 2. The molecule has 4 aromatic rings. The van der Waals surface area contributed by atoms with Gasteiger partial charge in [-0.05, 0) is 87.5 Å². The topological polar surface area (TPSA) is 116 Å². The number of fused-ring (bicyclic) bond motifs is 2. The molecule has 5 rings (SSSR count). The first-order chi connectivity index (χ1) is 23.7. The molecule has 1 aliphatic heterocycles. The molecular weight excluding hydrogens is 618 g/mol. The van der Waals surface area contributed by atoms with Crippen molar-refractivity contribution in [2.24, 2.45) is 5.92 Å². The highest BCUT2D eigenvalue weighted by atomic mass is 16.5. The highest BCUT2D eigenvalue weighted by Crippen LogP contribution is 2.29. The molecule has 10 nitrogen and oxygen atoms in total. The zero-order valence-corrected chi connectivity index (χ0v) is 29.0. The average molecular weight is 668 g/mol. The molecule has 3 amide bonds. The van der Waals surface area contributed by atoms with E-state index < -0.39 is 12.1 Å². The molecule has 49 heavy (non-hydrogen) atoms. The monoisotopic (exact) mass is 667 g/mol. The van der Waals surface area contributed by atoms with Crippen LogP contribution in [0.5, 0.6) is 5.75 Å². The smallest absolute Gasteiger partial charge is 0.323 e. The van der Waals surface area contributed by atoms with Crippen LogP contribution in [0.15, 0.2) is 85.2 Å². The van der Waals surface area contributed by atoms with E-state index in [0.717, 1.165) is 42.1 Å². The second kappa shape index (κ2) is 17.2. The Morgan fingerprint density at radius 1 is 1.04 bits per heavy atom. The van der Waals surface area contributed by atoms with E-state index in [-0.39, 0.29) is 30.6 Å². The van der Waals surface area contributed by atoms with Gasteiger partial charge in [0.2, 0.25) is 0 Å². The number of urea groups is 1. The van der Waals surface area contributed by atoms with Crippen LogP contribution in [0.2, 0.25) is 0 Å². The van der Waals surface area contributed by atoms with Crippen LogP contribution in [0.25, 0.3) is 10.8 Å². The van der Waals surface area contributed by atoms with Crippen molar-refractivity contribution in [3.8, 4) is 5.75 Å². The number of hydrogen-bond acceptors (Lipinski definition) is 7. The normalized spacial score (nSPS) is 19.8. The van der Waals surface area contributed by atoms with Crippen LogP contribution in [-0.4, -0.2) is 83.4 Å². The number of rotatable bonds is 8. The Morgan fingerprint density at radius 3 is 2.61 bits per heavy atom. The molecule has 4 atom stereocenters. The van der Waals surface area contributed by atoms with Gasteiger partial charge in [-0.1, -0.05) is 43.3 Å². The zero-order valence-electron chi connectivity index (χ0n) is 29.0. The Labute approximate surface area is 289 Å². The van der Waals surface area contributed by atoms with E-state index in [1.165, 1.54) is 0 Å². The van der Waals surface area contributed by atoms with E-state index in [9.17, 15) is 14.7 Å². The van der Waals surface area contributed by atoms with Crippen molar-refractivity contribution in [1.29, 1.82) is 0 Å². The van der Waals surface area contributed by atoms with Gasteiger partial charge in [0.1, 0.15) is 5.75 Å². The summed E-state index contributed by atoms with van der Waals surface area (Å²) in [5.74, 6) is 0.119. The Balaban J connectivity index is 1.39. The van der Waals surface area contributed by atoms with E-state index in [4.69, 9.17) is 9.47 Å². The maximum Gasteiger partial charge on any atom is 0.323 e. The largest absolute Gasteiger partial charge is 0.490 e. The fourth-order valence-corrected chi connectivity index (χ4v) is 6.25. The van der Waals surface area contributed by atoms with Crippen molar-refractivity contribution in [1.82, 2.24) is 14.8 Å². The number of nitrogens with one attached hydrogen (secondary N) is 2. The van der Waals surface area contributed by atoms with Crippen LogP contribution in [0.3, 0.4) is 0 Å².